The molecule has 0 radical (unpaired) electrons. The zero-order chi connectivity index (χ0) is 17.9. The number of ether oxygens (including phenoxy) is 1. The molecular weight excluding hydrogens is 316 g/mol. The quantitative estimate of drug-likeness (QED) is 0.533. The van der Waals surface area contributed by atoms with Crippen molar-refractivity contribution in [2.45, 2.75) is 47.0 Å². The van der Waals surface area contributed by atoms with Crippen molar-refractivity contribution in [1.29, 1.82) is 0 Å². The van der Waals surface area contributed by atoms with Crippen molar-refractivity contribution < 1.29 is 14.0 Å². The van der Waals surface area contributed by atoms with Crippen LogP contribution in [0.5, 0.6) is 11.5 Å². The highest BCUT2D eigenvalue weighted by Gasteiger charge is 2.18. The first-order chi connectivity index (χ1) is 11.2. The van der Waals surface area contributed by atoms with E-state index in [-0.39, 0.29) is 0 Å². The monoisotopic (exact) mass is 342 g/mol. The molecule has 0 amide bonds. The highest BCUT2D eigenvalue weighted by molar-refractivity contribution is 6.70. The first-order valence-electron chi connectivity index (χ1n) is 8.18. The second kappa shape index (κ2) is 7.22. The van der Waals surface area contributed by atoms with Crippen LogP contribution in [-0.4, -0.2) is 14.6 Å². The highest BCUT2D eigenvalue weighted by atomic mass is 28.4. The van der Waals surface area contributed by atoms with Crippen LogP contribution in [0.15, 0.2) is 30.3 Å². The van der Waals surface area contributed by atoms with E-state index < -0.39 is 8.32 Å². The van der Waals surface area contributed by atoms with Crippen LogP contribution in [0.4, 0.5) is 0 Å². The predicted octanol–water partition coefficient (Wildman–Crippen LogP) is 5.22. The van der Waals surface area contributed by atoms with Crippen LogP contribution in [0.1, 0.15) is 32.6 Å². The van der Waals surface area contributed by atoms with Crippen LogP contribution in [0.3, 0.4) is 0 Å². The second-order valence-corrected chi connectivity index (χ2v) is 11.6. The summed E-state index contributed by atoms with van der Waals surface area (Å²) in [4.78, 5) is 11.5. The summed E-state index contributed by atoms with van der Waals surface area (Å²) in [5.74, 6) is 1.70. The summed E-state index contributed by atoms with van der Waals surface area (Å²) in [5.41, 5.74) is 4.65. The van der Waals surface area contributed by atoms with Crippen molar-refractivity contribution in [2.75, 3.05) is 0 Å². The number of carbonyl (C=O) groups is 1. The number of aryl methyl sites for hydroxylation is 3. The van der Waals surface area contributed by atoms with Gasteiger partial charge in [-0.3, -0.25) is 4.79 Å². The molecule has 0 aliphatic heterocycles. The van der Waals surface area contributed by atoms with E-state index in [0.717, 1.165) is 40.0 Å². The Morgan fingerprint density at radius 3 is 2.17 bits per heavy atom. The molecule has 0 fully saturated rings. The van der Waals surface area contributed by atoms with E-state index in [2.05, 4.69) is 19.6 Å². The molecule has 2 rings (SSSR count). The largest absolute Gasteiger partial charge is 0.544 e. The first-order valence-corrected chi connectivity index (χ1v) is 11.6. The van der Waals surface area contributed by atoms with Gasteiger partial charge in [-0.2, -0.15) is 0 Å². The lowest BCUT2D eigenvalue weighted by atomic mass is 10.0. The van der Waals surface area contributed by atoms with Crippen LogP contribution in [0, 0.1) is 20.8 Å². The van der Waals surface area contributed by atoms with Gasteiger partial charge in [0.1, 0.15) is 18.1 Å². The maximum atomic E-state index is 11.5. The Kier molecular flexibility index (Phi) is 5.50. The number of rotatable bonds is 6. The Hall–Kier alpha value is -2.07. The van der Waals surface area contributed by atoms with Crippen molar-refractivity contribution >= 4 is 14.6 Å². The molecule has 0 aliphatic carbocycles. The molecule has 0 heterocycles. The Morgan fingerprint density at radius 2 is 1.62 bits per heavy atom. The fourth-order valence-corrected chi connectivity index (χ4v) is 3.54. The number of aldehydes is 1. The first kappa shape index (κ1) is 18.3. The van der Waals surface area contributed by atoms with Crippen LogP contribution < -0.4 is 9.16 Å². The Labute approximate surface area is 145 Å². The number of para-hydroxylation sites is 1. The molecule has 2 aromatic carbocycles. The molecular formula is C20H26O3Si. The minimum atomic E-state index is -1.71. The van der Waals surface area contributed by atoms with Gasteiger partial charge in [0.25, 0.3) is 0 Å². The van der Waals surface area contributed by atoms with Crippen molar-refractivity contribution in [2.24, 2.45) is 0 Å². The van der Waals surface area contributed by atoms with Crippen molar-refractivity contribution in [3.05, 3.63) is 58.1 Å². The third-order valence-electron chi connectivity index (χ3n) is 3.77. The molecule has 0 spiro atoms. The molecule has 0 bridgehead atoms. The van der Waals surface area contributed by atoms with Crippen LogP contribution in [0.25, 0.3) is 0 Å². The van der Waals surface area contributed by atoms with E-state index in [1.165, 1.54) is 0 Å². The minimum Gasteiger partial charge on any atom is -0.544 e. The van der Waals surface area contributed by atoms with Crippen LogP contribution in [-0.2, 0) is 6.61 Å². The second-order valence-electron chi connectivity index (χ2n) is 7.15. The molecule has 0 saturated carbocycles. The van der Waals surface area contributed by atoms with Crippen molar-refractivity contribution in [3.63, 3.8) is 0 Å². The van der Waals surface area contributed by atoms with Crippen LogP contribution >= 0.6 is 0 Å². The van der Waals surface area contributed by atoms with Crippen molar-refractivity contribution in [3.8, 4) is 11.5 Å². The zero-order valence-corrected chi connectivity index (χ0v) is 16.4. The molecule has 0 unspecified atom stereocenters. The molecule has 0 atom stereocenters. The van der Waals surface area contributed by atoms with Gasteiger partial charge in [-0.1, -0.05) is 18.2 Å². The van der Waals surface area contributed by atoms with Gasteiger partial charge in [0, 0.05) is 11.1 Å². The van der Waals surface area contributed by atoms with E-state index >= 15 is 0 Å². The smallest absolute Gasteiger partial charge is 0.242 e. The fourth-order valence-electron chi connectivity index (χ4n) is 2.71. The Bertz CT molecular complexity index is 725. The lowest BCUT2D eigenvalue weighted by Gasteiger charge is -2.21. The topological polar surface area (TPSA) is 35.5 Å². The summed E-state index contributed by atoms with van der Waals surface area (Å²) in [6.45, 7) is 12.8. The van der Waals surface area contributed by atoms with E-state index in [9.17, 15) is 4.79 Å². The summed E-state index contributed by atoms with van der Waals surface area (Å²) < 4.78 is 12.1. The maximum absolute atomic E-state index is 11.5. The average Bonchev–Trinajstić information content (AvgIpc) is 2.44. The van der Waals surface area contributed by atoms with Gasteiger partial charge in [-0.05, 0) is 69.2 Å². The summed E-state index contributed by atoms with van der Waals surface area (Å²) >= 11 is 0. The summed E-state index contributed by atoms with van der Waals surface area (Å²) in [6, 6.07) is 9.94. The van der Waals surface area contributed by atoms with Gasteiger partial charge in [-0.15, -0.1) is 0 Å². The lowest BCUT2D eigenvalue weighted by molar-refractivity contribution is 0.112. The van der Waals surface area contributed by atoms with Gasteiger partial charge < -0.3 is 9.16 Å². The van der Waals surface area contributed by atoms with E-state index in [4.69, 9.17) is 9.16 Å². The Balaban J connectivity index is 2.32. The molecule has 0 N–H and O–H groups in total. The predicted molar refractivity (Wildman–Crippen MR) is 101 cm³/mol. The molecule has 0 aromatic heterocycles. The zero-order valence-electron chi connectivity index (χ0n) is 15.4. The number of hydrogen-bond acceptors (Lipinski definition) is 3. The van der Waals surface area contributed by atoms with Crippen molar-refractivity contribution in [1.82, 2.24) is 0 Å². The third-order valence-corrected chi connectivity index (χ3v) is 4.62. The average molecular weight is 343 g/mol. The third kappa shape index (κ3) is 4.48. The van der Waals surface area contributed by atoms with Crippen LogP contribution in [0.2, 0.25) is 19.6 Å². The van der Waals surface area contributed by atoms with E-state index in [1.54, 1.807) is 0 Å². The van der Waals surface area contributed by atoms with Gasteiger partial charge in [0.05, 0.1) is 0 Å². The lowest BCUT2D eigenvalue weighted by Crippen LogP contribution is -2.29. The van der Waals surface area contributed by atoms with Gasteiger partial charge in [0.2, 0.25) is 8.32 Å². The SMILES string of the molecule is Cc1cc(O[Si](C)(C)C)cc(COc2c(C)cccc2C)c1C=O. The number of benzene rings is 2. The maximum Gasteiger partial charge on any atom is 0.242 e. The van der Waals surface area contributed by atoms with Gasteiger partial charge in [-0.25, -0.2) is 0 Å². The van der Waals surface area contributed by atoms with Gasteiger partial charge >= 0.3 is 0 Å². The molecule has 128 valence electrons. The number of carbonyl (C=O) groups excluding carboxylic acids is 1. The summed E-state index contributed by atoms with van der Waals surface area (Å²) in [6.07, 6.45) is 0.900. The molecule has 0 saturated heterocycles. The summed E-state index contributed by atoms with van der Waals surface area (Å²) in [5, 5.41) is 0. The summed E-state index contributed by atoms with van der Waals surface area (Å²) in [7, 11) is -1.71. The molecule has 4 heteroatoms. The number of hydrogen-bond donors (Lipinski definition) is 0. The molecule has 2 aromatic rings. The van der Waals surface area contributed by atoms with Gasteiger partial charge in [0.15, 0.2) is 6.29 Å². The molecule has 24 heavy (non-hydrogen) atoms. The molecule has 0 aliphatic rings. The van der Waals surface area contributed by atoms with E-state index in [1.807, 2.05) is 51.1 Å². The minimum absolute atomic E-state index is 0.351. The standard InChI is InChI=1S/C20H26O3Si/c1-14-8-7-9-15(2)20(14)22-13-17-11-18(23-24(4,5)6)10-16(3)19(17)12-21/h7-12H,13H2,1-6H3. The highest BCUT2D eigenvalue weighted by Crippen LogP contribution is 2.27. The fraction of sp³-hybridized carbons (Fsp3) is 0.350. The Morgan fingerprint density at radius 1 is 1.00 bits per heavy atom. The molecule has 3 nitrogen and oxygen atoms in total. The van der Waals surface area contributed by atoms with E-state index in [0.29, 0.717) is 12.2 Å². The normalized spacial score (nSPS) is 11.2.